The van der Waals surface area contributed by atoms with Crippen molar-refractivity contribution in [2.45, 2.75) is 63.0 Å². The molecule has 39 heavy (non-hydrogen) atoms. The SMILES string of the molecule is NC(C(=O)O)(C(=C=O)C(CC=Cc1cccnc1)CCCOC1CCCCC1)c1ccccc1-c1ncco1. The Morgan fingerprint density at radius 2 is 2.03 bits per heavy atom. The Morgan fingerprint density at radius 1 is 1.21 bits per heavy atom. The van der Waals surface area contributed by atoms with Gasteiger partial charge in [-0.25, -0.2) is 14.6 Å². The summed E-state index contributed by atoms with van der Waals surface area (Å²) in [5.74, 6) is 0.350. The van der Waals surface area contributed by atoms with E-state index in [-0.39, 0.29) is 23.1 Å². The van der Waals surface area contributed by atoms with E-state index < -0.39 is 17.4 Å². The lowest BCUT2D eigenvalue weighted by Crippen LogP contribution is -2.49. The van der Waals surface area contributed by atoms with Crippen molar-refractivity contribution < 1.29 is 23.8 Å². The smallest absolute Gasteiger partial charge is 0.333 e. The molecule has 2 aromatic heterocycles. The number of aliphatic carboxylic acids is 1. The first-order valence-corrected chi connectivity index (χ1v) is 13.5. The number of pyridine rings is 1. The lowest BCUT2D eigenvalue weighted by Gasteiger charge is -2.32. The van der Waals surface area contributed by atoms with Gasteiger partial charge in [-0.05, 0) is 55.7 Å². The van der Waals surface area contributed by atoms with E-state index in [1.807, 2.05) is 30.2 Å². The van der Waals surface area contributed by atoms with Crippen LogP contribution in [0.25, 0.3) is 17.5 Å². The third-order valence-electron chi connectivity index (χ3n) is 7.31. The number of allylic oxidation sites excluding steroid dienone is 1. The molecule has 204 valence electrons. The number of oxazole rings is 1. The number of carboxylic acid groups (broad SMARTS) is 1. The third-order valence-corrected chi connectivity index (χ3v) is 7.31. The molecule has 8 heteroatoms. The third kappa shape index (κ3) is 6.98. The number of nitrogens with two attached hydrogens (primary N) is 1. The number of carbonyl (C=O) groups is 1. The van der Waals surface area contributed by atoms with E-state index in [1.165, 1.54) is 31.7 Å². The molecule has 2 atom stereocenters. The first-order chi connectivity index (χ1) is 19.0. The van der Waals surface area contributed by atoms with Crippen molar-refractivity contribution in [2.24, 2.45) is 11.7 Å². The Morgan fingerprint density at radius 3 is 2.72 bits per heavy atom. The van der Waals surface area contributed by atoms with Crippen LogP contribution in [0.3, 0.4) is 0 Å². The highest BCUT2D eigenvalue weighted by molar-refractivity contribution is 5.90. The van der Waals surface area contributed by atoms with Gasteiger partial charge in [0.2, 0.25) is 5.89 Å². The first-order valence-electron chi connectivity index (χ1n) is 13.5. The van der Waals surface area contributed by atoms with Crippen molar-refractivity contribution in [3.8, 4) is 11.5 Å². The normalized spacial score (nSPS) is 16.4. The second-order valence-electron chi connectivity index (χ2n) is 9.91. The summed E-state index contributed by atoms with van der Waals surface area (Å²) in [5, 5.41) is 10.5. The summed E-state index contributed by atoms with van der Waals surface area (Å²) < 4.78 is 11.6. The molecule has 0 amide bonds. The van der Waals surface area contributed by atoms with Crippen molar-refractivity contribution in [2.75, 3.05) is 6.61 Å². The van der Waals surface area contributed by atoms with Crippen LogP contribution in [0.15, 0.2) is 77.3 Å². The summed E-state index contributed by atoms with van der Waals surface area (Å²) in [7, 11) is 0. The van der Waals surface area contributed by atoms with Gasteiger partial charge in [-0.1, -0.05) is 55.7 Å². The van der Waals surface area contributed by atoms with Crippen molar-refractivity contribution in [1.82, 2.24) is 9.97 Å². The average Bonchev–Trinajstić information content (AvgIpc) is 3.51. The van der Waals surface area contributed by atoms with Gasteiger partial charge in [0.1, 0.15) is 12.2 Å². The van der Waals surface area contributed by atoms with Crippen LogP contribution >= 0.6 is 0 Å². The van der Waals surface area contributed by atoms with Crippen molar-refractivity contribution >= 4 is 18.0 Å². The van der Waals surface area contributed by atoms with Gasteiger partial charge < -0.3 is 20.0 Å². The zero-order chi connectivity index (χ0) is 27.5. The van der Waals surface area contributed by atoms with Crippen molar-refractivity contribution in [3.05, 3.63) is 84.0 Å². The second kappa shape index (κ2) is 13.8. The number of nitrogens with zero attached hydrogens (tertiary/aromatic N) is 2. The predicted octanol–water partition coefficient (Wildman–Crippen LogP) is 5.58. The fourth-order valence-electron chi connectivity index (χ4n) is 5.27. The number of rotatable bonds is 13. The lowest BCUT2D eigenvalue weighted by atomic mass is 9.74. The van der Waals surface area contributed by atoms with Gasteiger partial charge in [0.25, 0.3) is 0 Å². The monoisotopic (exact) mass is 529 g/mol. The molecule has 1 aliphatic carbocycles. The lowest BCUT2D eigenvalue weighted by molar-refractivity contribution is -0.142. The Hall–Kier alpha value is -3.84. The number of carboxylic acids is 1. The zero-order valence-corrected chi connectivity index (χ0v) is 22.0. The zero-order valence-electron chi connectivity index (χ0n) is 22.0. The molecule has 0 aliphatic heterocycles. The highest BCUT2D eigenvalue weighted by atomic mass is 16.5. The van der Waals surface area contributed by atoms with E-state index in [0.717, 1.165) is 18.4 Å². The van der Waals surface area contributed by atoms with Crippen LogP contribution in [0.5, 0.6) is 0 Å². The van der Waals surface area contributed by atoms with Crippen LogP contribution in [0.1, 0.15) is 62.5 Å². The van der Waals surface area contributed by atoms with Gasteiger partial charge in [-0.2, -0.15) is 0 Å². The molecule has 4 rings (SSSR count). The Labute approximate surface area is 228 Å². The number of ether oxygens (including phenoxy) is 1. The van der Waals surface area contributed by atoms with Gasteiger partial charge in [-0.3, -0.25) is 4.98 Å². The molecule has 0 saturated heterocycles. The van der Waals surface area contributed by atoms with Gasteiger partial charge >= 0.3 is 5.97 Å². The van der Waals surface area contributed by atoms with Gasteiger partial charge in [0.05, 0.1) is 17.9 Å². The molecule has 8 nitrogen and oxygen atoms in total. The van der Waals surface area contributed by atoms with Crippen LogP contribution in [0.2, 0.25) is 0 Å². The molecule has 2 unspecified atom stereocenters. The number of aromatic nitrogens is 2. The molecule has 1 saturated carbocycles. The largest absolute Gasteiger partial charge is 0.479 e. The van der Waals surface area contributed by atoms with Crippen LogP contribution < -0.4 is 5.73 Å². The standard InChI is InChI=1S/C31H35N3O5/c32-31(30(36)37,27-16-5-4-15-26(27)29-34-18-20-39-29)28(22-35)24(11-6-9-23-10-7-17-33-21-23)12-8-19-38-25-13-2-1-3-14-25/h4-7,9-10,15-18,20-21,24-25H,1-3,8,11-14,19,32H2,(H,36,37). The Bertz CT molecular complexity index is 1280. The highest BCUT2D eigenvalue weighted by Crippen LogP contribution is 2.39. The van der Waals surface area contributed by atoms with E-state index in [1.54, 1.807) is 36.7 Å². The molecule has 0 spiro atoms. The maximum atomic E-state index is 12.9. The number of carbonyl (C=O) groups excluding carboxylic acids is 1. The molecule has 1 aromatic carbocycles. The molecular weight excluding hydrogens is 494 g/mol. The highest BCUT2D eigenvalue weighted by Gasteiger charge is 2.46. The maximum absolute atomic E-state index is 12.9. The predicted molar refractivity (Wildman–Crippen MR) is 148 cm³/mol. The van der Waals surface area contributed by atoms with E-state index in [9.17, 15) is 14.7 Å². The van der Waals surface area contributed by atoms with Gasteiger partial charge in [0.15, 0.2) is 5.54 Å². The summed E-state index contributed by atoms with van der Waals surface area (Å²) in [4.78, 5) is 33.7. The Balaban J connectivity index is 1.62. The summed E-state index contributed by atoms with van der Waals surface area (Å²) in [6.07, 6.45) is 17.7. The minimum atomic E-state index is -2.14. The molecule has 0 radical (unpaired) electrons. The number of hydrogen-bond acceptors (Lipinski definition) is 7. The molecule has 3 N–H and O–H groups in total. The summed E-state index contributed by atoms with van der Waals surface area (Å²) in [6.45, 7) is 0.539. The Kier molecular flexibility index (Phi) is 9.97. The maximum Gasteiger partial charge on any atom is 0.333 e. The number of hydrogen-bond donors (Lipinski definition) is 2. The molecule has 1 fully saturated rings. The van der Waals surface area contributed by atoms with Gasteiger partial charge in [0, 0.05) is 30.1 Å². The average molecular weight is 530 g/mol. The fourth-order valence-corrected chi connectivity index (χ4v) is 5.27. The van der Waals surface area contributed by atoms with E-state index in [2.05, 4.69) is 9.97 Å². The van der Waals surface area contributed by atoms with Crippen molar-refractivity contribution in [1.29, 1.82) is 0 Å². The summed E-state index contributed by atoms with van der Waals surface area (Å²) in [5.41, 5.74) is 6.07. The van der Waals surface area contributed by atoms with Crippen LogP contribution in [0, 0.1) is 5.92 Å². The van der Waals surface area contributed by atoms with Gasteiger partial charge in [-0.15, -0.1) is 0 Å². The summed E-state index contributed by atoms with van der Waals surface area (Å²) >= 11 is 0. The van der Waals surface area contributed by atoms with Crippen LogP contribution in [-0.4, -0.2) is 39.7 Å². The second-order valence-corrected chi connectivity index (χ2v) is 9.91. The molecule has 1 aliphatic rings. The van der Waals surface area contributed by atoms with Crippen LogP contribution in [0.4, 0.5) is 0 Å². The number of benzene rings is 1. The molecule has 3 aromatic rings. The molecule has 2 heterocycles. The van der Waals surface area contributed by atoms with Crippen molar-refractivity contribution in [3.63, 3.8) is 0 Å². The topological polar surface area (TPSA) is 129 Å². The van der Waals surface area contributed by atoms with E-state index >= 15 is 0 Å². The van der Waals surface area contributed by atoms with E-state index in [4.69, 9.17) is 14.9 Å². The van der Waals surface area contributed by atoms with Crippen LogP contribution in [-0.2, 0) is 19.9 Å². The summed E-state index contributed by atoms with van der Waals surface area (Å²) in [6, 6.07) is 10.5. The molecule has 0 bridgehead atoms. The molecular formula is C31H35N3O5. The minimum Gasteiger partial charge on any atom is -0.479 e. The fraction of sp³-hybridized carbons (Fsp3) is 0.387. The minimum absolute atomic E-state index is 0.0255. The first kappa shape index (κ1) is 28.2. The quantitative estimate of drug-likeness (QED) is 0.217. The van der Waals surface area contributed by atoms with E-state index in [0.29, 0.717) is 31.4 Å².